The summed E-state index contributed by atoms with van der Waals surface area (Å²) in [7, 11) is 0. The fourth-order valence-electron chi connectivity index (χ4n) is 1.66. The van der Waals surface area contributed by atoms with Crippen molar-refractivity contribution >= 4 is 17.3 Å². The van der Waals surface area contributed by atoms with Crippen molar-refractivity contribution in [3.8, 4) is 0 Å². The quantitative estimate of drug-likeness (QED) is 0.760. The maximum atomic E-state index is 13.0. The van der Waals surface area contributed by atoms with Gasteiger partial charge in [0.1, 0.15) is 5.92 Å². The average molecular weight is 226 g/mol. The molecule has 0 bridgehead atoms. The molecule has 16 heavy (non-hydrogen) atoms. The standard InChI is InChI=1S/C11H12F2N2O/c12-11(13)6-5-7(11)10(16)15-9-4-2-1-3-8(9)14/h1-4,7H,5-6,14H2,(H,15,16). The molecule has 0 radical (unpaired) electrons. The van der Waals surface area contributed by atoms with Crippen LogP contribution in [0, 0.1) is 5.92 Å². The maximum Gasteiger partial charge on any atom is 0.259 e. The van der Waals surface area contributed by atoms with E-state index in [0.717, 1.165) is 0 Å². The second-order valence-electron chi connectivity index (χ2n) is 3.93. The lowest BCUT2D eigenvalue weighted by Crippen LogP contribution is -2.46. The monoisotopic (exact) mass is 226 g/mol. The second-order valence-corrected chi connectivity index (χ2v) is 3.93. The summed E-state index contributed by atoms with van der Waals surface area (Å²) in [5, 5.41) is 2.42. The molecule has 0 heterocycles. The van der Waals surface area contributed by atoms with Gasteiger partial charge in [0.25, 0.3) is 5.92 Å². The minimum atomic E-state index is -2.87. The van der Waals surface area contributed by atoms with Gasteiger partial charge in [-0.15, -0.1) is 0 Å². The molecule has 1 saturated carbocycles. The molecule has 0 saturated heterocycles. The first kappa shape index (κ1) is 10.9. The van der Waals surface area contributed by atoms with Crippen molar-refractivity contribution in [3.63, 3.8) is 0 Å². The van der Waals surface area contributed by atoms with E-state index in [1.807, 2.05) is 0 Å². The number of hydrogen-bond acceptors (Lipinski definition) is 2. The van der Waals surface area contributed by atoms with Gasteiger partial charge in [-0.25, -0.2) is 8.78 Å². The third-order valence-corrected chi connectivity index (χ3v) is 2.81. The van der Waals surface area contributed by atoms with E-state index in [4.69, 9.17) is 5.73 Å². The zero-order chi connectivity index (χ0) is 11.8. The molecule has 5 heteroatoms. The van der Waals surface area contributed by atoms with Crippen molar-refractivity contribution in [1.29, 1.82) is 0 Å². The average Bonchev–Trinajstić information content (AvgIpc) is 2.20. The van der Waals surface area contributed by atoms with Crippen molar-refractivity contribution in [2.75, 3.05) is 11.1 Å². The molecule has 3 nitrogen and oxygen atoms in total. The number of benzene rings is 1. The normalized spacial score (nSPS) is 22.2. The summed E-state index contributed by atoms with van der Waals surface area (Å²) in [5.74, 6) is -4.74. The molecule has 1 aromatic rings. The van der Waals surface area contributed by atoms with Gasteiger partial charge < -0.3 is 11.1 Å². The van der Waals surface area contributed by atoms with Gasteiger partial charge in [0.15, 0.2) is 0 Å². The number of rotatable bonds is 2. The zero-order valence-corrected chi connectivity index (χ0v) is 8.54. The molecule has 1 unspecified atom stereocenters. The first-order valence-corrected chi connectivity index (χ1v) is 5.04. The second kappa shape index (κ2) is 3.73. The Morgan fingerprint density at radius 3 is 2.62 bits per heavy atom. The lowest BCUT2D eigenvalue weighted by molar-refractivity contribution is -0.157. The van der Waals surface area contributed by atoms with Gasteiger partial charge in [-0.3, -0.25) is 4.79 Å². The van der Waals surface area contributed by atoms with Crippen LogP contribution >= 0.6 is 0 Å². The van der Waals surface area contributed by atoms with Gasteiger partial charge in [-0.1, -0.05) is 12.1 Å². The molecule has 1 fully saturated rings. The molecule has 1 aromatic carbocycles. The van der Waals surface area contributed by atoms with Crippen LogP contribution in [-0.4, -0.2) is 11.8 Å². The fraction of sp³-hybridized carbons (Fsp3) is 0.364. The summed E-state index contributed by atoms with van der Waals surface area (Å²) in [6, 6.07) is 6.59. The molecular formula is C11H12F2N2O. The Balaban J connectivity index is 2.06. The topological polar surface area (TPSA) is 55.1 Å². The SMILES string of the molecule is Nc1ccccc1NC(=O)C1CCC1(F)F. The number of nitrogen functional groups attached to an aromatic ring is 1. The van der Waals surface area contributed by atoms with Crippen LogP contribution in [-0.2, 0) is 4.79 Å². The van der Waals surface area contributed by atoms with Crippen molar-refractivity contribution in [2.45, 2.75) is 18.8 Å². The van der Waals surface area contributed by atoms with Gasteiger partial charge in [-0.05, 0) is 18.6 Å². The molecule has 1 amide bonds. The van der Waals surface area contributed by atoms with E-state index in [1.165, 1.54) is 0 Å². The van der Waals surface area contributed by atoms with E-state index in [9.17, 15) is 13.6 Å². The number of hydrogen-bond donors (Lipinski definition) is 2. The Morgan fingerprint density at radius 1 is 1.44 bits per heavy atom. The smallest absolute Gasteiger partial charge is 0.259 e. The number of anilines is 2. The molecule has 0 aliphatic heterocycles. The van der Waals surface area contributed by atoms with Crippen LogP contribution in [0.1, 0.15) is 12.8 Å². The number of amides is 1. The summed E-state index contributed by atoms with van der Waals surface area (Å²) in [6.45, 7) is 0. The lowest BCUT2D eigenvalue weighted by atomic mass is 9.80. The van der Waals surface area contributed by atoms with Crippen LogP contribution in [0.25, 0.3) is 0 Å². The number of nitrogens with one attached hydrogen (secondary N) is 1. The summed E-state index contributed by atoms with van der Waals surface area (Å²) in [5.41, 5.74) is 6.35. The van der Waals surface area contributed by atoms with Crippen LogP contribution in [0.2, 0.25) is 0 Å². The van der Waals surface area contributed by atoms with E-state index < -0.39 is 17.7 Å². The third kappa shape index (κ3) is 1.85. The summed E-state index contributed by atoms with van der Waals surface area (Å²) in [4.78, 5) is 11.5. The molecular weight excluding hydrogens is 214 g/mol. The van der Waals surface area contributed by atoms with Gasteiger partial charge >= 0.3 is 0 Å². The highest BCUT2D eigenvalue weighted by Gasteiger charge is 2.52. The van der Waals surface area contributed by atoms with Crippen molar-refractivity contribution in [1.82, 2.24) is 0 Å². The predicted molar refractivity (Wildman–Crippen MR) is 57.2 cm³/mol. The van der Waals surface area contributed by atoms with Crippen molar-refractivity contribution < 1.29 is 13.6 Å². The van der Waals surface area contributed by atoms with Crippen molar-refractivity contribution in [3.05, 3.63) is 24.3 Å². The molecule has 1 aliphatic carbocycles. The highest BCUT2D eigenvalue weighted by Crippen LogP contribution is 2.43. The zero-order valence-electron chi connectivity index (χ0n) is 8.54. The largest absolute Gasteiger partial charge is 0.397 e. The van der Waals surface area contributed by atoms with E-state index in [1.54, 1.807) is 24.3 Å². The number of alkyl halides is 2. The highest BCUT2D eigenvalue weighted by atomic mass is 19.3. The summed E-state index contributed by atoms with van der Waals surface area (Å²) in [6.07, 6.45) is 0.0148. The predicted octanol–water partition coefficient (Wildman–Crippen LogP) is 2.25. The van der Waals surface area contributed by atoms with Crippen LogP contribution in [0.3, 0.4) is 0 Å². The number of halogens is 2. The van der Waals surface area contributed by atoms with Gasteiger partial charge in [0, 0.05) is 6.42 Å². The van der Waals surface area contributed by atoms with Crippen LogP contribution in [0.4, 0.5) is 20.2 Å². The van der Waals surface area contributed by atoms with Gasteiger partial charge in [0.05, 0.1) is 11.4 Å². The number of carbonyl (C=O) groups is 1. The lowest BCUT2D eigenvalue weighted by Gasteiger charge is -2.34. The van der Waals surface area contributed by atoms with Crippen molar-refractivity contribution in [2.24, 2.45) is 5.92 Å². The van der Waals surface area contributed by atoms with Crippen LogP contribution in [0.15, 0.2) is 24.3 Å². The van der Waals surface area contributed by atoms with E-state index in [0.29, 0.717) is 11.4 Å². The number of nitrogens with two attached hydrogens (primary N) is 1. The number of para-hydroxylation sites is 2. The number of carbonyl (C=O) groups excluding carboxylic acids is 1. The minimum Gasteiger partial charge on any atom is -0.397 e. The molecule has 86 valence electrons. The van der Waals surface area contributed by atoms with Gasteiger partial charge in [0.2, 0.25) is 5.91 Å². The third-order valence-electron chi connectivity index (χ3n) is 2.81. The Hall–Kier alpha value is -1.65. The van der Waals surface area contributed by atoms with Crippen LogP contribution in [0.5, 0.6) is 0 Å². The first-order chi connectivity index (χ1) is 7.50. The molecule has 3 N–H and O–H groups in total. The molecule has 0 aromatic heterocycles. The van der Waals surface area contributed by atoms with E-state index in [-0.39, 0.29) is 12.8 Å². The Labute approximate surface area is 91.6 Å². The minimum absolute atomic E-state index is 0.213. The molecule has 0 spiro atoms. The summed E-state index contributed by atoms with van der Waals surface area (Å²) < 4.78 is 25.9. The Bertz CT molecular complexity index is 420. The molecule has 1 aliphatic rings. The molecule has 1 atom stereocenters. The van der Waals surface area contributed by atoms with Crippen LogP contribution < -0.4 is 11.1 Å². The molecule has 2 rings (SSSR count). The Kier molecular flexibility index (Phi) is 2.53. The Morgan fingerprint density at radius 2 is 2.12 bits per heavy atom. The fourth-order valence-corrected chi connectivity index (χ4v) is 1.66. The maximum absolute atomic E-state index is 13.0. The van der Waals surface area contributed by atoms with Gasteiger partial charge in [-0.2, -0.15) is 0 Å². The first-order valence-electron chi connectivity index (χ1n) is 5.04. The van der Waals surface area contributed by atoms with E-state index >= 15 is 0 Å². The van der Waals surface area contributed by atoms with E-state index in [2.05, 4.69) is 5.32 Å². The highest BCUT2D eigenvalue weighted by molar-refractivity contribution is 5.96. The summed E-state index contributed by atoms with van der Waals surface area (Å²) >= 11 is 0.